The van der Waals surface area contributed by atoms with Gasteiger partial charge in [0, 0.05) is 12.8 Å². The molecule has 0 unspecified atom stereocenters. The summed E-state index contributed by atoms with van der Waals surface area (Å²) in [4.78, 5) is 0. The molecule has 0 saturated heterocycles. The van der Waals surface area contributed by atoms with Crippen LogP contribution in [0.25, 0.3) is 0 Å². The van der Waals surface area contributed by atoms with Crippen molar-refractivity contribution < 1.29 is 13.9 Å². The number of alkyl halides is 2. The van der Waals surface area contributed by atoms with Crippen LogP contribution in [0.2, 0.25) is 0 Å². The van der Waals surface area contributed by atoms with Crippen LogP contribution < -0.4 is 0 Å². The summed E-state index contributed by atoms with van der Waals surface area (Å²) in [5, 5.41) is 10.6. The molecule has 1 saturated carbocycles. The van der Waals surface area contributed by atoms with Crippen LogP contribution in [-0.2, 0) is 0 Å². The summed E-state index contributed by atoms with van der Waals surface area (Å²) in [5.74, 6) is -2.58. The Bertz CT molecular complexity index is 254. The largest absolute Gasteiger partial charge is 0.389 e. The van der Waals surface area contributed by atoms with Gasteiger partial charge >= 0.3 is 0 Å². The minimum absolute atomic E-state index is 0.103. The first kappa shape index (κ1) is 13.9. The predicted octanol–water partition coefficient (Wildman–Crippen LogP) is 4.00. The van der Waals surface area contributed by atoms with E-state index in [1.807, 2.05) is 13.8 Å². The van der Waals surface area contributed by atoms with Crippen LogP contribution in [0.3, 0.4) is 0 Å². The minimum atomic E-state index is -2.58. The predicted molar refractivity (Wildman–Crippen MR) is 61.6 cm³/mol. The Hall–Kier alpha value is -0.180. The number of hydrogen-bond donors (Lipinski definition) is 1. The smallest absolute Gasteiger partial charge is 0.248 e. The maximum absolute atomic E-state index is 13.1. The molecule has 1 aliphatic carbocycles. The molecule has 0 radical (unpaired) electrons. The summed E-state index contributed by atoms with van der Waals surface area (Å²) in [5.41, 5.74) is -1.43. The van der Waals surface area contributed by atoms with Crippen molar-refractivity contribution in [3.8, 4) is 0 Å². The highest BCUT2D eigenvalue weighted by atomic mass is 19.3. The van der Waals surface area contributed by atoms with Crippen LogP contribution in [0.4, 0.5) is 8.78 Å². The summed E-state index contributed by atoms with van der Waals surface area (Å²) in [6.07, 6.45) is 0.0144. The molecule has 1 fully saturated rings. The van der Waals surface area contributed by atoms with E-state index in [9.17, 15) is 13.9 Å². The van der Waals surface area contributed by atoms with Gasteiger partial charge in [0.2, 0.25) is 5.92 Å². The zero-order valence-corrected chi connectivity index (χ0v) is 11.0. The van der Waals surface area contributed by atoms with E-state index < -0.39 is 11.5 Å². The third kappa shape index (κ3) is 2.24. The normalized spacial score (nSPS) is 25.5. The first-order valence-corrected chi connectivity index (χ1v) is 6.02. The Morgan fingerprint density at radius 1 is 0.875 bits per heavy atom. The molecular formula is C13H24F2O. The van der Waals surface area contributed by atoms with Crippen LogP contribution in [0.15, 0.2) is 0 Å². The van der Waals surface area contributed by atoms with Crippen LogP contribution in [0.1, 0.15) is 60.3 Å². The summed E-state index contributed by atoms with van der Waals surface area (Å²) in [7, 11) is 0. The van der Waals surface area contributed by atoms with Crippen LogP contribution in [0, 0.1) is 10.8 Å². The monoisotopic (exact) mass is 234 g/mol. The van der Waals surface area contributed by atoms with Crippen molar-refractivity contribution >= 4 is 0 Å². The van der Waals surface area contributed by atoms with E-state index in [2.05, 4.69) is 20.8 Å². The van der Waals surface area contributed by atoms with Crippen molar-refractivity contribution in [3.63, 3.8) is 0 Å². The van der Waals surface area contributed by atoms with Gasteiger partial charge in [-0.1, -0.05) is 34.6 Å². The number of hydrogen-bond acceptors (Lipinski definition) is 1. The molecule has 0 spiro atoms. The van der Waals surface area contributed by atoms with E-state index in [0.717, 1.165) is 0 Å². The molecule has 16 heavy (non-hydrogen) atoms. The first-order chi connectivity index (χ1) is 6.91. The van der Waals surface area contributed by atoms with Crippen molar-refractivity contribution in [2.24, 2.45) is 10.8 Å². The standard InChI is InChI=1S/C13H24F2O/c1-10(2,3)11(4,5)12(16)6-8-13(14,15)9-7-12/h16H,6-9H2,1-5H3. The van der Waals surface area contributed by atoms with E-state index in [0.29, 0.717) is 0 Å². The van der Waals surface area contributed by atoms with Crippen molar-refractivity contribution in [1.82, 2.24) is 0 Å². The average Bonchev–Trinajstić information content (AvgIpc) is 2.08. The van der Waals surface area contributed by atoms with Gasteiger partial charge in [0.05, 0.1) is 5.60 Å². The molecule has 1 rings (SSSR count). The molecule has 0 aliphatic heterocycles. The highest BCUT2D eigenvalue weighted by molar-refractivity contribution is 5.03. The fourth-order valence-corrected chi connectivity index (χ4v) is 2.35. The maximum Gasteiger partial charge on any atom is 0.248 e. The highest BCUT2D eigenvalue weighted by Crippen LogP contribution is 2.54. The van der Waals surface area contributed by atoms with E-state index in [1.165, 1.54) is 0 Å². The lowest BCUT2D eigenvalue weighted by atomic mass is 9.56. The van der Waals surface area contributed by atoms with E-state index in [4.69, 9.17) is 0 Å². The SMILES string of the molecule is CC(C)(C)C(C)(C)C1(O)CCC(F)(F)CC1. The fraction of sp³-hybridized carbons (Fsp3) is 1.00. The third-order valence-electron chi connectivity index (χ3n) is 4.85. The van der Waals surface area contributed by atoms with Gasteiger partial charge in [-0.3, -0.25) is 0 Å². The molecule has 0 aromatic heterocycles. The molecular weight excluding hydrogens is 210 g/mol. The maximum atomic E-state index is 13.1. The lowest BCUT2D eigenvalue weighted by Gasteiger charge is -2.53. The fourth-order valence-electron chi connectivity index (χ4n) is 2.35. The molecule has 0 aromatic carbocycles. The van der Waals surface area contributed by atoms with E-state index in [-0.39, 0.29) is 36.5 Å². The molecule has 0 atom stereocenters. The van der Waals surface area contributed by atoms with Gasteiger partial charge in [-0.2, -0.15) is 0 Å². The zero-order valence-electron chi connectivity index (χ0n) is 11.0. The topological polar surface area (TPSA) is 20.2 Å². The Morgan fingerprint density at radius 3 is 1.56 bits per heavy atom. The number of rotatable bonds is 1. The van der Waals surface area contributed by atoms with Gasteiger partial charge in [-0.05, 0) is 23.7 Å². The second-order valence-electron chi connectivity index (χ2n) is 6.76. The van der Waals surface area contributed by atoms with Crippen LogP contribution in [-0.4, -0.2) is 16.6 Å². The van der Waals surface area contributed by atoms with Crippen molar-refractivity contribution in [1.29, 1.82) is 0 Å². The van der Waals surface area contributed by atoms with Gasteiger partial charge in [-0.15, -0.1) is 0 Å². The van der Waals surface area contributed by atoms with E-state index >= 15 is 0 Å². The minimum Gasteiger partial charge on any atom is -0.389 e. The molecule has 0 aromatic rings. The highest BCUT2D eigenvalue weighted by Gasteiger charge is 2.54. The average molecular weight is 234 g/mol. The zero-order chi connectivity index (χ0) is 12.8. The number of aliphatic hydroxyl groups is 1. The van der Waals surface area contributed by atoms with Gasteiger partial charge in [0.25, 0.3) is 0 Å². The second kappa shape index (κ2) is 3.66. The van der Waals surface area contributed by atoms with Crippen molar-refractivity contribution in [3.05, 3.63) is 0 Å². The van der Waals surface area contributed by atoms with Gasteiger partial charge in [0.1, 0.15) is 0 Å². The quantitative estimate of drug-likeness (QED) is 0.727. The lowest BCUT2D eigenvalue weighted by Crippen LogP contribution is -2.54. The van der Waals surface area contributed by atoms with Crippen LogP contribution in [0.5, 0.6) is 0 Å². The number of halogens is 2. The Labute approximate surface area is 97.2 Å². The van der Waals surface area contributed by atoms with Crippen molar-refractivity contribution in [2.45, 2.75) is 71.8 Å². The molecule has 0 bridgehead atoms. The molecule has 1 N–H and O–H groups in total. The molecule has 0 amide bonds. The summed E-state index contributed by atoms with van der Waals surface area (Å²) in [6.45, 7) is 10.1. The van der Waals surface area contributed by atoms with Gasteiger partial charge in [0.15, 0.2) is 0 Å². The summed E-state index contributed by atoms with van der Waals surface area (Å²) in [6, 6.07) is 0. The van der Waals surface area contributed by atoms with Gasteiger partial charge in [-0.25, -0.2) is 8.78 Å². The first-order valence-electron chi connectivity index (χ1n) is 6.02. The molecule has 3 heteroatoms. The van der Waals surface area contributed by atoms with Gasteiger partial charge < -0.3 is 5.11 Å². The third-order valence-corrected chi connectivity index (χ3v) is 4.85. The summed E-state index contributed by atoms with van der Waals surface area (Å²) >= 11 is 0. The van der Waals surface area contributed by atoms with Crippen molar-refractivity contribution in [2.75, 3.05) is 0 Å². The Balaban J connectivity index is 2.89. The van der Waals surface area contributed by atoms with E-state index in [1.54, 1.807) is 0 Å². The second-order valence-corrected chi connectivity index (χ2v) is 6.76. The summed E-state index contributed by atoms with van der Waals surface area (Å²) < 4.78 is 26.2. The Morgan fingerprint density at radius 2 is 1.25 bits per heavy atom. The Kier molecular flexibility index (Phi) is 3.17. The molecule has 1 nitrogen and oxygen atoms in total. The molecule has 96 valence electrons. The molecule has 1 aliphatic rings. The lowest BCUT2D eigenvalue weighted by molar-refractivity contribution is -0.178. The molecule has 0 heterocycles. The van der Waals surface area contributed by atoms with Crippen LogP contribution >= 0.6 is 0 Å².